The monoisotopic (exact) mass is 388 g/mol. The van der Waals surface area contributed by atoms with E-state index in [4.69, 9.17) is 18.9 Å². The van der Waals surface area contributed by atoms with Crippen LogP contribution in [-0.2, 0) is 4.79 Å². The summed E-state index contributed by atoms with van der Waals surface area (Å²) in [7, 11) is 5.92. The quantitative estimate of drug-likeness (QED) is 0.721. The van der Waals surface area contributed by atoms with Crippen molar-refractivity contribution in [1.29, 1.82) is 0 Å². The summed E-state index contributed by atoms with van der Waals surface area (Å²) in [5.74, 6) is 0.776. The molecule has 2 aromatic carbocycles. The zero-order valence-corrected chi connectivity index (χ0v) is 16.5. The van der Waals surface area contributed by atoms with Crippen LogP contribution >= 0.6 is 0 Å². The van der Waals surface area contributed by atoms with E-state index in [2.05, 4.69) is 10.6 Å². The molecule has 2 aromatic rings. The summed E-state index contributed by atoms with van der Waals surface area (Å²) in [5.41, 5.74) is 1.78. The molecule has 150 valence electrons. The van der Waals surface area contributed by atoms with Crippen LogP contribution in [0, 0.1) is 6.92 Å². The van der Waals surface area contributed by atoms with Crippen LogP contribution in [0.25, 0.3) is 0 Å². The zero-order chi connectivity index (χ0) is 20.7. The molecule has 0 saturated carbocycles. The molecular formula is C20H24N2O6. The third-order valence-corrected chi connectivity index (χ3v) is 3.97. The van der Waals surface area contributed by atoms with Crippen molar-refractivity contribution in [1.82, 2.24) is 5.32 Å². The van der Waals surface area contributed by atoms with Gasteiger partial charge in [0.25, 0.3) is 5.91 Å². The maximum Gasteiger partial charge on any atom is 0.251 e. The van der Waals surface area contributed by atoms with E-state index in [1.165, 1.54) is 40.6 Å². The Morgan fingerprint density at radius 2 is 1.46 bits per heavy atom. The van der Waals surface area contributed by atoms with Crippen LogP contribution in [0.1, 0.15) is 15.9 Å². The van der Waals surface area contributed by atoms with Gasteiger partial charge in [0.05, 0.1) is 40.7 Å². The Bertz CT molecular complexity index is 841. The minimum absolute atomic E-state index is 0.216. The molecule has 8 heteroatoms. The number of carbonyl (C=O) groups is 2. The first-order chi connectivity index (χ1) is 13.4. The second-order valence-corrected chi connectivity index (χ2v) is 5.85. The fourth-order valence-corrected chi connectivity index (χ4v) is 2.59. The molecular weight excluding hydrogens is 364 g/mol. The normalized spacial score (nSPS) is 10.0. The molecule has 0 bridgehead atoms. The number of aryl methyl sites for hydroxylation is 1. The molecule has 0 heterocycles. The number of carbonyl (C=O) groups excluding carboxylic acids is 2. The van der Waals surface area contributed by atoms with Crippen molar-refractivity contribution in [2.45, 2.75) is 6.92 Å². The van der Waals surface area contributed by atoms with E-state index in [1.54, 1.807) is 12.1 Å². The van der Waals surface area contributed by atoms with Crippen LogP contribution in [-0.4, -0.2) is 46.8 Å². The summed E-state index contributed by atoms with van der Waals surface area (Å²) in [4.78, 5) is 24.7. The van der Waals surface area contributed by atoms with Gasteiger partial charge in [0, 0.05) is 5.56 Å². The number of nitrogens with one attached hydrogen (secondary N) is 2. The van der Waals surface area contributed by atoms with Gasteiger partial charge < -0.3 is 29.6 Å². The van der Waals surface area contributed by atoms with Gasteiger partial charge in [-0.1, -0.05) is 6.07 Å². The van der Waals surface area contributed by atoms with Gasteiger partial charge in [-0.25, -0.2) is 0 Å². The number of methoxy groups -OCH3 is 4. The lowest BCUT2D eigenvalue weighted by Crippen LogP contribution is -2.33. The van der Waals surface area contributed by atoms with Gasteiger partial charge >= 0.3 is 0 Å². The van der Waals surface area contributed by atoms with Crippen LogP contribution in [0.5, 0.6) is 23.0 Å². The van der Waals surface area contributed by atoms with Crippen molar-refractivity contribution in [3.8, 4) is 23.0 Å². The predicted octanol–water partition coefficient (Wildman–Crippen LogP) is 2.40. The molecule has 0 aromatic heterocycles. The third-order valence-electron chi connectivity index (χ3n) is 3.97. The number of amides is 2. The van der Waals surface area contributed by atoms with Gasteiger partial charge in [-0.2, -0.15) is 0 Å². The molecule has 0 atom stereocenters. The molecule has 0 aliphatic carbocycles. The summed E-state index contributed by atoms with van der Waals surface area (Å²) < 4.78 is 20.9. The Labute approximate surface area is 163 Å². The molecule has 8 nitrogen and oxygen atoms in total. The number of hydrogen-bond donors (Lipinski definition) is 2. The van der Waals surface area contributed by atoms with Gasteiger partial charge in [0.15, 0.2) is 11.5 Å². The number of anilines is 1. The van der Waals surface area contributed by atoms with Gasteiger partial charge in [-0.05, 0) is 36.8 Å². The van der Waals surface area contributed by atoms with E-state index in [9.17, 15) is 9.59 Å². The highest BCUT2D eigenvalue weighted by Gasteiger charge is 2.17. The van der Waals surface area contributed by atoms with Gasteiger partial charge in [-0.3, -0.25) is 9.59 Å². The summed E-state index contributed by atoms with van der Waals surface area (Å²) >= 11 is 0. The standard InChI is InChI=1S/C20H24N2O6/c1-12-6-7-15(25-2)14(8-12)22-18(23)11-21-20(24)13-9-16(26-3)19(28-5)17(10-13)27-4/h6-10H,11H2,1-5H3,(H,21,24)(H,22,23). The Balaban J connectivity index is 2.08. The highest BCUT2D eigenvalue weighted by atomic mass is 16.5. The van der Waals surface area contributed by atoms with Gasteiger partial charge in [0.2, 0.25) is 11.7 Å². The molecule has 0 saturated heterocycles. The number of rotatable bonds is 8. The maximum absolute atomic E-state index is 12.4. The van der Waals surface area contributed by atoms with Crippen molar-refractivity contribution in [2.75, 3.05) is 40.3 Å². The fourth-order valence-electron chi connectivity index (χ4n) is 2.59. The SMILES string of the molecule is COc1ccc(C)cc1NC(=O)CNC(=O)c1cc(OC)c(OC)c(OC)c1. The van der Waals surface area contributed by atoms with Crippen LogP contribution in [0.15, 0.2) is 30.3 Å². The minimum Gasteiger partial charge on any atom is -0.495 e. The largest absolute Gasteiger partial charge is 0.495 e. The lowest BCUT2D eigenvalue weighted by atomic mass is 10.1. The summed E-state index contributed by atoms with van der Waals surface area (Å²) in [6.07, 6.45) is 0. The Morgan fingerprint density at radius 3 is 2.00 bits per heavy atom. The van der Waals surface area contributed by atoms with E-state index in [0.29, 0.717) is 28.7 Å². The molecule has 2 amide bonds. The molecule has 0 aliphatic heterocycles. The highest BCUT2D eigenvalue weighted by molar-refractivity contribution is 6.00. The van der Waals surface area contributed by atoms with E-state index < -0.39 is 5.91 Å². The zero-order valence-electron chi connectivity index (χ0n) is 16.5. The van der Waals surface area contributed by atoms with Crippen molar-refractivity contribution in [3.63, 3.8) is 0 Å². The van der Waals surface area contributed by atoms with Crippen molar-refractivity contribution < 1.29 is 28.5 Å². The summed E-state index contributed by atoms with van der Waals surface area (Å²) in [5, 5.41) is 5.29. The number of ether oxygens (including phenoxy) is 4. The first-order valence-corrected chi connectivity index (χ1v) is 8.46. The molecule has 0 fully saturated rings. The van der Waals surface area contributed by atoms with Gasteiger partial charge in [-0.15, -0.1) is 0 Å². The topological polar surface area (TPSA) is 95.1 Å². The average Bonchev–Trinajstić information content (AvgIpc) is 2.70. The lowest BCUT2D eigenvalue weighted by Gasteiger charge is -2.14. The molecule has 0 radical (unpaired) electrons. The third kappa shape index (κ3) is 4.85. The second kappa shape index (κ2) is 9.50. The van der Waals surface area contributed by atoms with Crippen LogP contribution in [0.4, 0.5) is 5.69 Å². The van der Waals surface area contributed by atoms with Crippen molar-refractivity contribution in [2.24, 2.45) is 0 Å². The van der Waals surface area contributed by atoms with E-state index in [1.807, 2.05) is 13.0 Å². The smallest absolute Gasteiger partial charge is 0.251 e. The first-order valence-electron chi connectivity index (χ1n) is 8.46. The van der Waals surface area contributed by atoms with Crippen LogP contribution in [0.3, 0.4) is 0 Å². The predicted molar refractivity (Wildman–Crippen MR) is 105 cm³/mol. The van der Waals surface area contributed by atoms with E-state index in [0.717, 1.165) is 5.56 Å². The Kier molecular flexibility index (Phi) is 7.08. The molecule has 0 unspecified atom stereocenters. The van der Waals surface area contributed by atoms with E-state index in [-0.39, 0.29) is 18.0 Å². The van der Waals surface area contributed by atoms with E-state index >= 15 is 0 Å². The second-order valence-electron chi connectivity index (χ2n) is 5.85. The molecule has 0 aliphatic rings. The summed E-state index contributed by atoms with van der Waals surface area (Å²) in [6, 6.07) is 8.45. The first kappa shape index (κ1) is 20.9. The van der Waals surface area contributed by atoms with Gasteiger partial charge in [0.1, 0.15) is 5.75 Å². The Hall–Kier alpha value is -3.42. The molecule has 28 heavy (non-hydrogen) atoms. The minimum atomic E-state index is -0.453. The average molecular weight is 388 g/mol. The van der Waals surface area contributed by atoms with Crippen molar-refractivity contribution in [3.05, 3.63) is 41.5 Å². The highest BCUT2D eigenvalue weighted by Crippen LogP contribution is 2.38. The molecule has 2 N–H and O–H groups in total. The fraction of sp³-hybridized carbons (Fsp3) is 0.300. The molecule has 2 rings (SSSR count). The number of benzene rings is 2. The number of hydrogen-bond acceptors (Lipinski definition) is 6. The lowest BCUT2D eigenvalue weighted by molar-refractivity contribution is -0.115. The van der Waals surface area contributed by atoms with Crippen LogP contribution < -0.4 is 29.6 Å². The maximum atomic E-state index is 12.4. The molecule has 0 spiro atoms. The summed E-state index contributed by atoms with van der Waals surface area (Å²) in [6.45, 7) is 1.69. The Morgan fingerprint density at radius 1 is 0.857 bits per heavy atom. The van der Waals surface area contributed by atoms with Crippen molar-refractivity contribution >= 4 is 17.5 Å². The van der Waals surface area contributed by atoms with Crippen LogP contribution in [0.2, 0.25) is 0 Å².